The average Bonchev–Trinajstić information content (AvgIpc) is 2.86. The molecule has 1 saturated heterocycles. The number of fused-ring (bicyclic) bond motifs is 1. The molecule has 0 saturated carbocycles. The molecule has 0 aromatic carbocycles. The van der Waals surface area contributed by atoms with Gasteiger partial charge in [-0.05, 0) is 18.4 Å². The van der Waals surface area contributed by atoms with Crippen molar-refractivity contribution < 1.29 is 9.59 Å². The molecule has 0 radical (unpaired) electrons. The zero-order valence-corrected chi connectivity index (χ0v) is 10.3. The number of thiophene rings is 1. The van der Waals surface area contributed by atoms with Crippen molar-refractivity contribution in [3.63, 3.8) is 0 Å². The standard InChI is InChI=1S/C11H9N3O3S/c1-5-12-6-2-3-18-9(6)11(17)14(5)7-4-8(15)13-10(7)16/h2-3,7H,4H2,1H3,(H,13,15,16)/t7-/m0/s1. The van der Waals surface area contributed by atoms with E-state index in [0.717, 1.165) is 0 Å². The van der Waals surface area contributed by atoms with E-state index in [1.807, 2.05) is 0 Å². The Morgan fingerprint density at radius 2 is 2.22 bits per heavy atom. The third kappa shape index (κ3) is 1.47. The van der Waals surface area contributed by atoms with Crippen LogP contribution in [0, 0.1) is 6.92 Å². The second-order valence-electron chi connectivity index (χ2n) is 4.10. The quantitative estimate of drug-likeness (QED) is 0.753. The van der Waals surface area contributed by atoms with Gasteiger partial charge in [0.05, 0.1) is 11.9 Å². The fourth-order valence-corrected chi connectivity index (χ4v) is 2.92. The van der Waals surface area contributed by atoms with E-state index in [1.54, 1.807) is 18.4 Å². The summed E-state index contributed by atoms with van der Waals surface area (Å²) in [6.07, 6.45) is -0.00184. The number of nitrogens with zero attached hydrogens (tertiary/aromatic N) is 2. The van der Waals surface area contributed by atoms with Crippen LogP contribution in [-0.2, 0) is 9.59 Å². The van der Waals surface area contributed by atoms with Gasteiger partial charge in [-0.3, -0.25) is 24.3 Å². The number of nitrogens with one attached hydrogen (secondary N) is 1. The summed E-state index contributed by atoms with van der Waals surface area (Å²) in [6, 6.07) is 0.988. The number of carbonyl (C=O) groups excluding carboxylic acids is 2. The zero-order chi connectivity index (χ0) is 12.9. The van der Waals surface area contributed by atoms with Crippen molar-refractivity contribution in [1.82, 2.24) is 14.9 Å². The van der Waals surface area contributed by atoms with E-state index in [4.69, 9.17) is 0 Å². The highest BCUT2D eigenvalue weighted by molar-refractivity contribution is 7.17. The third-order valence-corrected chi connectivity index (χ3v) is 3.84. The molecular formula is C11H9N3O3S. The Balaban J connectivity index is 2.26. The van der Waals surface area contributed by atoms with Gasteiger partial charge in [0.2, 0.25) is 11.8 Å². The molecule has 1 aliphatic heterocycles. The largest absolute Gasteiger partial charge is 0.295 e. The first-order valence-corrected chi connectivity index (χ1v) is 6.26. The zero-order valence-electron chi connectivity index (χ0n) is 9.47. The van der Waals surface area contributed by atoms with Crippen molar-refractivity contribution in [1.29, 1.82) is 0 Å². The maximum absolute atomic E-state index is 12.3. The number of hydrogen-bond donors (Lipinski definition) is 1. The fraction of sp³-hybridized carbons (Fsp3) is 0.273. The number of hydrogen-bond acceptors (Lipinski definition) is 5. The average molecular weight is 263 g/mol. The minimum absolute atomic E-state index is 0.00184. The number of carbonyl (C=O) groups is 2. The molecule has 3 heterocycles. The van der Waals surface area contributed by atoms with Crippen molar-refractivity contribution in [2.75, 3.05) is 0 Å². The summed E-state index contributed by atoms with van der Waals surface area (Å²) in [5.74, 6) is -0.355. The van der Waals surface area contributed by atoms with Crippen molar-refractivity contribution in [2.45, 2.75) is 19.4 Å². The first-order chi connectivity index (χ1) is 8.58. The minimum Gasteiger partial charge on any atom is -0.295 e. The summed E-state index contributed by atoms with van der Waals surface area (Å²) < 4.78 is 1.81. The van der Waals surface area contributed by atoms with E-state index < -0.39 is 11.9 Å². The second-order valence-corrected chi connectivity index (χ2v) is 5.02. The topological polar surface area (TPSA) is 81.1 Å². The molecular weight excluding hydrogens is 254 g/mol. The number of amides is 2. The van der Waals surface area contributed by atoms with Gasteiger partial charge in [-0.25, -0.2) is 4.98 Å². The molecule has 0 spiro atoms. The lowest BCUT2D eigenvalue weighted by Crippen LogP contribution is -2.32. The molecule has 7 heteroatoms. The maximum Gasteiger partial charge on any atom is 0.272 e. The molecule has 2 aromatic heterocycles. The van der Waals surface area contributed by atoms with Crippen LogP contribution < -0.4 is 10.9 Å². The number of aryl methyl sites for hydroxylation is 1. The van der Waals surface area contributed by atoms with E-state index in [9.17, 15) is 14.4 Å². The molecule has 0 bridgehead atoms. The molecule has 6 nitrogen and oxygen atoms in total. The summed E-state index contributed by atoms with van der Waals surface area (Å²) in [4.78, 5) is 39.4. The van der Waals surface area contributed by atoms with Crippen LogP contribution in [-0.4, -0.2) is 21.4 Å². The molecule has 1 atom stereocenters. The Bertz CT molecular complexity index is 731. The van der Waals surface area contributed by atoms with Gasteiger partial charge in [0.15, 0.2) is 0 Å². The van der Waals surface area contributed by atoms with Crippen molar-refractivity contribution in [2.24, 2.45) is 0 Å². The van der Waals surface area contributed by atoms with E-state index in [-0.39, 0.29) is 17.9 Å². The molecule has 2 amide bonds. The van der Waals surface area contributed by atoms with Crippen molar-refractivity contribution >= 4 is 33.4 Å². The molecule has 2 aromatic rings. The van der Waals surface area contributed by atoms with Gasteiger partial charge >= 0.3 is 0 Å². The van der Waals surface area contributed by atoms with Crippen LogP contribution in [0.4, 0.5) is 0 Å². The van der Waals surface area contributed by atoms with Crippen LogP contribution in [0.25, 0.3) is 10.2 Å². The Kier molecular flexibility index (Phi) is 2.30. The van der Waals surface area contributed by atoms with Gasteiger partial charge in [0.25, 0.3) is 5.56 Å². The Morgan fingerprint density at radius 3 is 2.89 bits per heavy atom. The maximum atomic E-state index is 12.3. The van der Waals surface area contributed by atoms with Crippen molar-refractivity contribution in [3.05, 3.63) is 27.6 Å². The van der Waals surface area contributed by atoms with Crippen molar-refractivity contribution in [3.8, 4) is 0 Å². The van der Waals surface area contributed by atoms with Gasteiger partial charge < -0.3 is 0 Å². The number of aromatic nitrogens is 2. The molecule has 92 valence electrons. The summed E-state index contributed by atoms with van der Waals surface area (Å²) in [6.45, 7) is 1.66. The lowest BCUT2D eigenvalue weighted by Gasteiger charge is -2.13. The van der Waals surface area contributed by atoms with Gasteiger partial charge in [-0.15, -0.1) is 11.3 Å². The highest BCUT2D eigenvalue weighted by Crippen LogP contribution is 2.20. The Hall–Kier alpha value is -2.02. The highest BCUT2D eigenvalue weighted by Gasteiger charge is 2.34. The smallest absolute Gasteiger partial charge is 0.272 e. The van der Waals surface area contributed by atoms with Gasteiger partial charge in [0, 0.05) is 0 Å². The monoisotopic (exact) mass is 263 g/mol. The summed E-state index contributed by atoms with van der Waals surface area (Å²) >= 11 is 1.29. The fourth-order valence-electron chi connectivity index (χ4n) is 2.15. The van der Waals surface area contributed by atoms with Gasteiger partial charge in [-0.2, -0.15) is 0 Å². The SMILES string of the molecule is Cc1nc2ccsc2c(=O)n1[C@H]1CC(=O)NC1=O. The van der Waals surface area contributed by atoms with Crippen LogP contribution in [0.1, 0.15) is 18.3 Å². The van der Waals surface area contributed by atoms with Crippen LogP contribution in [0.5, 0.6) is 0 Å². The second kappa shape index (κ2) is 3.74. The minimum atomic E-state index is -0.774. The van der Waals surface area contributed by atoms with Gasteiger partial charge in [-0.1, -0.05) is 0 Å². The molecule has 1 aliphatic rings. The predicted octanol–water partition coefficient (Wildman–Crippen LogP) is 0.354. The summed E-state index contributed by atoms with van der Waals surface area (Å²) in [7, 11) is 0. The molecule has 0 aliphatic carbocycles. The molecule has 1 fully saturated rings. The van der Waals surface area contributed by atoms with E-state index in [2.05, 4.69) is 10.3 Å². The lowest BCUT2D eigenvalue weighted by atomic mass is 10.2. The molecule has 18 heavy (non-hydrogen) atoms. The van der Waals surface area contributed by atoms with Crippen LogP contribution in [0.15, 0.2) is 16.2 Å². The molecule has 1 N–H and O–H groups in total. The number of imide groups is 1. The van der Waals surface area contributed by atoms with E-state index in [1.165, 1.54) is 15.9 Å². The molecule has 3 rings (SSSR count). The normalized spacial score (nSPS) is 19.5. The lowest BCUT2D eigenvalue weighted by molar-refractivity contribution is -0.125. The predicted molar refractivity (Wildman–Crippen MR) is 65.4 cm³/mol. The van der Waals surface area contributed by atoms with Crippen LogP contribution in [0.3, 0.4) is 0 Å². The van der Waals surface area contributed by atoms with E-state index in [0.29, 0.717) is 16.0 Å². The Labute approximate surface area is 105 Å². The first-order valence-electron chi connectivity index (χ1n) is 5.38. The molecule has 0 unspecified atom stereocenters. The first kappa shape index (κ1) is 11.1. The van der Waals surface area contributed by atoms with Gasteiger partial charge in [0.1, 0.15) is 16.6 Å². The summed E-state index contributed by atoms with van der Waals surface area (Å²) in [5.41, 5.74) is 0.367. The number of rotatable bonds is 1. The Morgan fingerprint density at radius 1 is 1.44 bits per heavy atom. The third-order valence-electron chi connectivity index (χ3n) is 2.94. The van der Waals surface area contributed by atoms with Crippen LogP contribution in [0.2, 0.25) is 0 Å². The highest BCUT2D eigenvalue weighted by atomic mass is 32.1. The van der Waals surface area contributed by atoms with E-state index >= 15 is 0 Å². The van der Waals surface area contributed by atoms with Crippen LogP contribution >= 0.6 is 11.3 Å². The summed E-state index contributed by atoms with van der Waals surface area (Å²) in [5, 5.41) is 3.98.